The fourth-order valence-electron chi connectivity index (χ4n) is 2.55. The van der Waals surface area contributed by atoms with Gasteiger partial charge in [0.25, 0.3) is 0 Å². The van der Waals surface area contributed by atoms with E-state index in [9.17, 15) is 15.0 Å². The summed E-state index contributed by atoms with van der Waals surface area (Å²) in [7, 11) is 0. The zero-order chi connectivity index (χ0) is 17.4. The Bertz CT molecular complexity index is 452. The molecule has 0 aromatic heterocycles. The highest BCUT2D eigenvalue weighted by Crippen LogP contribution is 2.21. The number of carbonyl (C=O) groups is 1. The molecular weight excluding hydrogens is 302 g/mol. The Balaban J connectivity index is 2.62. The minimum absolute atomic E-state index is 0.0389. The molecule has 132 valence electrons. The van der Waals surface area contributed by atoms with Gasteiger partial charge in [-0.15, -0.1) is 0 Å². The van der Waals surface area contributed by atoms with E-state index in [2.05, 4.69) is 4.99 Å². The van der Waals surface area contributed by atoms with Crippen LogP contribution >= 0.6 is 0 Å². The van der Waals surface area contributed by atoms with E-state index in [1.807, 2.05) is 6.08 Å². The Hall–Kier alpha value is -1.64. The van der Waals surface area contributed by atoms with E-state index in [0.717, 1.165) is 5.57 Å². The maximum atomic E-state index is 11.5. The van der Waals surface area contributed by atoms with Crippen LogP contribution in [0.15, 0.2) is 16.6 Å². The van der Waals surface area contributed by atoms with Gasteiger partial charge in [0.05, 0.1) is 24.7 Å². The Labute approximate surface area is 135 Å². The normalized spacial score (nSPS) is 21.2. The lowest BCUT2D eigenvalue weighted by atomic mass is 9.94. The Kier molecular flexibility index (Phi) is 8.01. The number of nitrogens with two attached hydrogens (primary N) is 1. The summed E-state index contributed by atoms with van der Waals surface area (Å²) in [6, 6.07) is -0.461. The fraction of sp³-hybridized carbons (Fsp3) is 0.733. The summed E-state index contributed by atoms with van der Waals surface area (Å²) in [6.07, 6.45) is 2.28. The van der Waals surface area contributed by atoms with Crippen LogP contribution in [0, 0.1) is 5.92 Å². The van der Waals surface area contributed by atoms with Crippen LogP contribution in [-0.2, 0) is 4.79 Å². The van der Waals surface area contributed by atoms with Crippen LogP contribution in [-0.4, -0.2) is 75.7 Å². The molecule has 0 saturated carbocycles. The monoisotopic (exact) mass is 329 g/mol. The molecule has 1 rings (SSSR count). The molecule has 0 saturated heterocycles. The maximum absolute atomic E-state index is 11.5. The van der Waals surface area contributed by atoms with Crippen molar-refractivity contribution >= 4 is 11.9 Å². The van der Waals surface area contributed by atoms with Crippen molar-refractivity contribution in [3.63, 3.8) is 0 Å². The summed E-state index contributed by atoms with van der Waals surface area (Å²) in [5.41, 5.74) is 6.62. The number of nitrogens with zero attached hydrogens (tertiary/aromatic N) is 2. The number of β-amino-alcohol motifs (C(OH)–C–C–N with tert-alkyl or cyclic N) is 1. The van der Waals surface area contributed by atoms with Crippen LogP contribution in [0.3, 0.4) is 0 Å². The van der Waals surface area contributed by atoms with Crippen molar-refractivity contribution in [3.8, 4) is 0 Å². The topological polar surface area (TPSA) is 140 Å². The van der Waals surface area contributed by atoms with E-state index in [1.165, 1.54) is 0 Å². The molecule has 8 heteroatoms. The molecule has 1 aliphatic rings. The van der Waals surface area contributed by atoms with Crippen LogP contribution in [0.25, 0.3) is 0 Å². The number of hydrogen-bond acceptors (Lipinski definition) is 7. The molecule has 0 unspecified atom stereocenters. The van der Waals surface area contributed by atoms with Gasteiger partial charge < -0.3 is 31.1 Å². The Morgan fingerprint density at radius 3 is 2.74 bits per heavy atom. The van der Waals surface area contributed by atoms with Crippen LogP contribution in [0.2, 0.25) is 0 Å². The molecule has 0 radical (unpaired) electrons. The van der Waals surface area contributed by atoms with Gasteiger partial charge in [0.1, 0.15) is 0 Å². The molecule has 1 heterocycles. The summed E-state index contributed by atoms with van der Waals surface area (Å²) in [5, 5.41) is 36.9. The minimum atomic E-state index is -0.931. The molecule has 0 aliphatic carbocycles. The number of carboxylic acids is 1. The lowest BCUT2D eigenvalue weighted by molar-refractivity contribution is -0.142. The highest BCUT2D eigenvalue weighted by atomic mass is 16.4. The summed E-state index contributed by atoms with van der Waals surface area (Å²) in [5.74, 6) is -1.38. The van der Waals surface area contributed by atoms with Crippen molar-refractivity contribution in [3.05, 3.63) is 11.6 Å². The Morgan fingerprint density at radius 2 is 2.17 bits per heavy atom. The maximum Gasteiger partial charge on any atom is 0.308 e. The lowest BCUT2D eigenvalue weighted by Crippen LogP contribution is -2.41. The van der Waals surface area contributed by atoms with Gasteiger partial charge in [0.2, 0.25) is 0 Å². The first kappa shape index (κ1) is 19.4. The summed E-state index contributed by atoms with van der Waals surface area (Å²) in [4.78, 5) is 17.4. The SMILES string of the molecule is CC(=CCC[C@@H](C(=O)O)[C@@H]1CN(C[C@H](O)CCO)C(N)=N1)CO. The second-order valence-electron chi connectivity index (χ2n) is 5.86. The number of rotatable bonds is 10. The van der Waals surface area contributed by atoms with E-state index in [0.29, 0.717) is 19.4 Å². The number of aliphatic hydroxyl groups excluding tert-OH is 3. The number of aliphatic hydroxyl groups is 3. The van der Waals surface area contributed by atoms with Gasteiger partial charge in [-0.25, -0.2) is 4.99 Å². The fourth-order valence-corrected chi connectivity index (χ4v) is 2.55. The summed E-state index contributed by atoms with van der Waals surface area (Å²) >= 11 is 0. The van der Waals surface area contributed by atoms with Crippen molar-refractivity contribution in [2.45, 2.75) is 38.3 Å². The number of allylic oxidation sites excluding steroid dienone is 1. The first-order valence-corrected chi connectivity index (χ1v) is 7.75. The zero-order valence-electron chi connectivity index (χ0n) is 13.4. The third-order valence-electron chi connectivity index (χ3n) is 3.92. The molecule has 0 amide bonds. The van der Waals surface area contributed by atoms with Gasteiger partial charge >= 0.3 is 5.97 Å². The quantitative estimate of drug-likeness (QED) is 0.329. The van der Waals surface area contributed by atoms with Crippen LogP contribution in [0.5, 0.6) is 0 Å². The average molecular weight is 329 g/mol. The van der Waals surface area contributed by atoms with Gasteiger partial charge in [-0.05, 0) is 26.2 Å². The zero-order valence-corrected chi connectivity index (χ0v) is 13.4. The molecule has 23 heavy (non-hydrogen) atoms. The van der Waals surface area contributed by atoms with Gasteiger partial charge in [-0.2, -0.15) is 0 Å². The number of carboxylic acid groups (broad SMARTS) is 1. The molecule has 3 atom stereocenters. The molecule has 0 aromatic carbocycles. The molecule has 6 N–H and O–H groups in total. The van der Waals surface area contributed by atoms with Crippen LogP contribution in [0.1, 0.15) is 26.2 Å². The molecular formula is C15H27N3O5. The van der Waals surface area contributed by atoms with Gasteiger partial charge in [-0.1, -0.05) is 11.6 Å². The van der Waals surface area contributed by atoms with Crippen molar-refractivity contribution < 1.29 is 25.2 Å². The van der Waals surface area contributed by atoms with Gasteiger partial charge in [0.15, 0.2) is 5.96 Å². The molecule has 0 spiro atoms. The van der Waals surface area contributed by atoms with Crippen molar-refractivity contribution in [2.24, 2.45) is 16.6 Å². The predicted octanol–water partition coefficient (Wildman–Crippen LogP) is -0.852. The van der Waals surface area contributed by atoms with Crippen molar-refractivity contribution in [1.29, 1.82) is 0 Å². The smallest absolute Gasteiger partial charge is 0.308 e. The largest absolute Gasteiger partial charge is 0.481 e. The number of guanidine groups is 1. The lowest BCUT2D eigenvalue weighted by Gasteiger charge is -2.23. The third kappa shape index (κ3) is 6.17. The highest BCUT2D eigenvalue weighted by Gasteiger charge is 2.34. The molecule has 0 aromatic rings. The standard InChI is InChI=1S/C15H27N3O5/c1-10(9-20)3-2-4-12(14(22)23)13-8-18(15(16)17-13)7-11(21)5-6-19/h3,11-13,19-21H,2,4-9H2,1H3,(H2,16,17)(H,22,23)/t11-,12-,13+/m1/s1. The van der Waals surface area contributed by atoms with E-state index in [-0.39, 0.29) is 32.1 Å². The second-order valence-corrected chi connectivity index (χ2v) is 5.86. The van der Waals surface area contributed by atoms with E-state index >= 15 is 0 Å². The Morgan fingerprint density at radius 1 is 1.48 bits per heavy atom. The predicted molar refractivity (Wildman–Crippen MR) is 85.9 cm³/mol. The molecule has 0 bridgehead atoms. The van der Waals surface area contributed by atoms with Crippen molar-refractivity contribution in [2.75, 3.05) is 26.3 Å². The second kappa shape index (κ2) is 9.49. The molecule has 0 fully saturated rings. The number of aliphatic imine (C=N–C) groups is 1. The van der Waals surface area contributed by atoms with E-state index < -0.39 is 24.0 Å². The average Bonchev–Trinajstić information content (AvgIpc) is 2.83. The van der Waals surface area contributed by atoms with Gasteiger partial charge in [-0.3, -0.25) is 4.79 Å². The van der Waals surface area contributed by atoms with Gasteiger partial charge in [0, 0.05) is 19.7 Å². The summed E-state index contributed by atoms with van der Waals surface area (Å²) in [6.45, 7) is 2.19. The third-order valence-corrected chi connectivity index (χ3v) is 3.92. The number of hydrogen-bond donors (Lipinski definition) is 5. The first-order chi connectivity index (χ1) is 10.9. The van der Waals surface area contributed by atoms with Crippen molar-refractivity contribution in [1.82, 2.24) is 4.90 Å². The number of aliphatic carboxylic acids is 1. The van der Waals surface area contributed by atoms with Crippen LogP contribution in [0.4, 0.5) is 0 Å². The minimum Gasteiger partial charge on any atom is -0.481 e. The highest BCUT2D eigenvalue weighted by molar-refractivity contribution is 5.81. The molecule has 1 aliphatic heterocycles. The van der Waals surface area contributed by atoms with Crippen LogP contribution < -0.4 is 5.73 Å². The summed E-state index contributed by atoms with van der Waals surface area (Å²) < 4.78 is 0. The first-order valence-electron chi connectivity index (χ1n) is 7.75. The van der Waals surface area contributed by atoms with E-state index in [4.69, 9.17) is 15.9 Å². The molecule has 8 nitrogen and oxygen atoms in total. The van der Waals surface area contributed by atoms with E-state index in [1.54, 1.807) is 11.8 Å².